The molecule has 5 aromatic rings. The molecule has 3 fully saturated rings. The molecule has 3 amide bonds. The van der Waals surface area contributed by atoms with Crippen LogP contribution in [0.3, 0.4) is 0 Å². The number of benzene rings is 2. The van der Waals surface area contributed by atoms with E-state index in [1.807, 2.05) is 29.1 Å². The second-order valence-electron chi connectivity index (χ2n) is 14.6. The Hall–Kier alpha value is -5.51. The Morgan fingerprint density at radius 1 is 0.981 bits per heavy atom. The highest BCUT2D eigenvalue weighted by atomic mass is 19.4. The summed E-state index contributed by atoms with van der Waals surface area (Å²) in [7, 11) is 1.71. The number of imide groups is 1. The number of alkyl halides is 3. The van der Waals surface area contributed by atoms with Gasteiger partial charge in [0.1, 0.15) is 17.4 Å². The lowest BCUT2D eigenvalue weighted by atomic mass is 9.86. The summed E-state index contributed by atoms with van der Waals surface area (Å²) >= 11 is 0. The molecule has 0 radical (unpaired) electrons. The van der Waals surface area contributed by atoms with Gasteiger partial charge in [0, 0.05) is 56.2 Å². The number of piperidine rings is 1. The molecule has 0 spiro atoms. The molecule has 16 heteroatoms. The van der Waals surface area contributed by atoms with Crippen LogP contribution in [0.5, 0.6) is 0 Å². The lowest BCUT2D eigenvalue weighted by Crippen LogP contribution is -2.49. The second kappa shape index (κ2) is 14.0. The van der Waals surface area contributed by atoms with Crippen molar-refractivity contribution in [2.24, 2.45) is 18.9 Å². The number of hydrogen-bond acceptors (Lipinski definition) is 8. The van der Waals surface area contributed by atoms with E-state index < -0.39 is 29.6 Å². The van der Waals surface area contributed by atoms with Gasteiger partial charge in [-0.05, 0) is 74.4 Å². The van der Waals surface area contributed by atoms with Crippen LogP contribution in [0.4, 0.5) is 24.7 Å². The standard InChI is InChI=1S/C38H39F3N8O5/c1-46-34-29(6-3-7-30(34)49(37(46)53)31-12-13-33(50)44-36(31)52)47-17-23(18-47)21-54-20-22-8-10-27(11-9-22)48-19-25-15-32(42-16-28(25)45-48)43-35(51)24-4-2-5-26(14-24)38(39,40)41/h2-7,14-16,19,22-23,27,31H,8-13,17-18,20-21H2,1H3,(H,43,51)(H,44,50,52). The molecule has 5 heterocycles. The third kappa shape index (κ3) is 6.85. The Morgan fingerprint density at radius 2 is 1.74 bits per heavy atom. The summed E-state index contributed by atoms with van der Waals surface area (Å²) in [5.41, 5.74) is 1.76. The van der Waals surface area contributed by atoms with Gasteiger partial charge in [0.05, 0.1) is 41.1 Å². The first-order valence-electron chi connectivity index (χ1n) is 18.1. The van der Waals surface area contributed by atoms with Crippen molar-refractivity contribution < 1.29 is 32.3 Å². The monoisotopic (exact) mass is 744 g/mol. The van der Waals surface area contributed by atoms with Gasteiger partial charge in [0.25, 0.3) is 5.91 Å². The number of anilines is 2. The summed E-state index contributed by atoms with van der Waals surface area (Å²) in [6.45, 7) is 2.92. The highest BCUT2D eigenvalue weighted by molar-refractivity contribution is 6.04. The van der Waals surface area contributed by atoms with Crippen LogP contribution in [0.25, 0.3) is 21.9 Å². The Balaban J connectivity index is 0.812. The summed E-state index contributed by atoms with van der Waals surface area (Å²) in [5, 5.41) is 10.4. The van der Waals surface area contributed by atoms with Crippen molar-refractivity contribution in [3.05, 3.63) is 82.5 Å². The Labute approximate surface area is 307 Å². The van der Waals surface area contributed by atoms with Crippen LogP contribution in [-0.2, 0) is 27.5 Å². The van der Waals surface area contributed by atoms with E-state index in [0.29, 0.717) is 42.5 Å². The number of fused-ring (bicyclic) bond motifs is 2. The fourth-order valence-corrected chi connectivity index (χ4v) is 7.98. The molecule has 54 heavy (non-hydrogen) atoms. The molecule has 1 aliphatic carbocycles. The van der Waals surface area contributed by atoms with Gasteiger partial charge in [0.15, 0.2) is 0 Å². The van der Waals surface area contributed by atoms with Gasteiger partial charge in [0.2, 0.25) is 11.8 Å². The van der Waals surface area contributed by atoms with Crippen molar-refractivity contribution >= 4 is 51.2 Å². The maximum atomic E-state index is 13.3. The summed E-state index contributed by atoms with van der Waals surface area (Å²) in [4.78, 5) is 56.7. The van der Waals surface area contributed by atoms with Crippen LogP contribution in [0, 0.1) is 11.8 Å². The topological polar surface area (TPSA) is 145 Å². The molecular formula is C38H39F3N8O5. The summed E-state index contributed by atoms with van der Waals surface area (Å²) in [5.74, 6) is -0.423. The van der Waals surface area contributed by atoms with Gasteiger partial charge in [-0.25, -0.2) is 9.78 Å². The molecule has 1 unspecified atom stereocenters. The van der Waals surface area contributed by atoms with E-state index in [4.69, 9.17) is 9.84 Å². The molecule has 2 N–H and O–H groups in total. The molecule has 3 aromatic heterocycles. The van der Waals surface area contributed by atoms with Crippen molar-refractivity contribution in [2.75, 3.05) is 36.5 Å². The number of nitrogens with one attached hydrogen (secondary N) is 2. The zero-order valence-corrected chi connectivity index (χ0v) is 29.5. The third-order valence-electron chi connectivity index (χ3n) is 10.9. The molecule has 2 aliphatic heterocycles. The van der Waals surface area contributed by atoms with Crippen molar-refractivity contribution in [3.63, 3.8) is 0 Å². The lowest BCUT2D eigenvalue weighted by molar-refractivity contribution is -0.138. The average molecular weight is 745 g/mol. The number of amides is 3. The minimum Gasteiger partial charge on any atom is -0.381 e. The number of ether oxygens (including phenoxy) is 1. The fourth-order valence-electron chi connectivity index (χ4n) is 7.98. The van der Waals surface area contributed by atoms with Gasteiger partial charge in [-0.3, -0.25) is 33.5 Å². The van der Waals surface area contributed by atoms with Crippen LogP contribution in [0.1, 0.15) is 66.5 Å². The molecule has 8 rings (SSSR count). The van der Waals surface area contributed by atoms with Gasteiger partial charge in [-0.15, -0.1) is 0 Å². The first kappa shape index (κ1) is 35.5. The highest BCUT2D eigenvalue weighted by Gasteiger charge is 2.35. The molecule has 282 valence electrons. The third-order valence-corrected chi connectivity index (χ3v) is 10.9. The number of pyridine rings is 1. The minimum atomic E-state index is -4.55. The number of halogens is 3. The molecular weight excluding hydrogens is 705 g/mol. The number of para-hydroxylation sites is 1. The number of imidazole rings is 1. The number of nitrogens with zero attached hydrogens (tertiary/aromatic N) is 6. The van der Waals surface area contributed by atoms with E-state index in [9.17, 15) is 32.3 Å². The van der Waals surface area contributed by atoms with E-state index >= 15 is 0 Å². The van der Waals surface area contributed by atoms with E-state index in [1.165, 1.54) is 16.7 Å². The van der Waals surface area contributed by atoms with Crippen LogP contribution < -0.4 is 21.2 Å². The molecule has 0 bridgehead atoms. The SMILES string of the molecule is Cn1c(=O)n(C2CCC(=O)NC2=O)c2cccc(N3CC(COCC4CCC(n5cc6cc(NC(=O)c7cccc(C(F)(F)F)c7)ncc6n5)CC4)C3)c21. The summed E-state index contributed by atoms with van der Waals surface area (Å²) in [6.07, 6.45) is 3.27. The van der Waals surface area contributed by atoms with Crippen LogP contribution in [0.2, 0.25) is 0 Å². The molecule has 3 aliphatic rings. The Bertz CT molecular complexity index is 2320. The van der Waals surface area contributed by atoms with E-state index in [-0.39, 0.29) is 35.4 Å². The van der Waals surface area contributed by atoms with E-state index in [1.54, 1.807) is 23.9 Å². The normalized spacial score (nSPS) is 21.0. The Morgan fingerprint density at radius 3 is 2.50 bits per heavy atom. The number of aromatic nitrogens is 5. The van der Waals surface area contributed by atoms with Gasteiger partial charge in [-0.2, -0.15) is 18.3 Å². The summed E-state index contributed by atoms with van der Waals surface area (Å²) in [6, 6.07) is 11.2. The maximum absolute atomic E-state index is 13.3. The predicted molar refractivity (Wildman–Crippen MR) is 193 cm³/mol. The second-order valence-corrected chi connectivity index (χ2v) is 14.6. The number of carbonyl (C=O) groups excluding carboxylic acids is 3. The van der Waals surface area contributed by atoms with Crippen molar-refractivity contribution in [3.8, 4) is 0 Å². The highest BCUT2D eigenvalue weighted by Crippen LogP contribution is 2.36. The molecule has 13 nitrogen and oxygen atoms in total. The molecule has 2 aromatic carbocycles. The van der Waals surface area contributed by atoms with Gasteiger partial charge in [-0.1, -0.05) is 12.1 Å². The molecule has 2 saturated heterocycles. The maximum Gasteiger partial charge on any atom is 0.416 e. The van der Waals surface area contributed by atoms with Crippen molar-refractivity contribution in [2.45, 2.75) is 56.8 Å². The fraction of sp³-hybridized carbons (Fsp3) is 0.421. The zero-order chi connectivity index (χ0) is 37.7. The van der Waals surface area contributed by atoms with Crippen molar-refractivity contribution in [1.82, 2.24) is 29.2 Å². The number of aryl methyl sites for hydroxylation is 1. The Kier molecular flexibility index (Phi) is 9.24. The zero-order valence-electron chi connectivity index (χ0n) is 29.5. The average Bonchev–Trinajstić information content (AvgIpc) is 3.67. The minimum absolute atomic E-state index is 0.110. The first-order valence-corrected chi connectivity index (χ1v) is 18.1. The van der Waals surface area contributed by atoms with E-state index in [0.717, 1.165) is 67.5 Å². The smallest absolute Gasteiger partial charge is 0.381 e. The lowest BCUT2D eigenvalue weighted by Gasteiger charge is -2.41. The number of carbonyl (C=O) groups is 3. The quantitative estimate of drug-likeness (QED) is 0.196. The van der Waals surface area contributed by atoms with E-state index in [2.05, 4.69) is 20.5 Å². The molecule has 1 atom stereocenters. The number of rotatable bonds is 9. The predicted octanol–water partition coefficient (Wildman–Crippen LogP) is 5.22. The van der Waals surface area contributed by atoms with Crippen LogP contribution >= 0.6 is 0 Å². The van der Waals surface area contributed by atoms with Gasteiger partial charge >= 0.3 is 11.9 Å². The first-order chi connectivity index (χ1) is 25.9. The van der Waals surface area contributed by atoms with Gasteiger partial charge < -0.3 is 15.0 Å². The summed E-state index contributed by atoms with van der Waals surface area (Å²) < 4.78 is 50.5. The largest absolute Gasteiger partial charge is 0.416 e. The van der Waals surface area contributed by atoms with Crippen LogP contribution in [-0.4, -0.2) is 67.9 Å². The van der Waals surface area contributed by atoms with Crippen LogP contribution in [0.15, 0.2) is 65.7 Å². The molecule has 1 saturated carbocycles. The van der Waals surface area contributed by atoms with Crippen molar-refractivity contribution in [1.29, 1.82) is 0 Å². The number of hydrogen-bond donors (Lipinski definition) is 2.